The highest BCUT2D eigenvalue weighted by Gasteiger charge is 2.45. The van der Waals surface area contributed by atoms with Crippen LogP contribution >= 0.6 is 0 Å². The Balaban J connectivity index is 1.83. The van der Waals surface area contributed by atoms with Crippen LogP contribution in [0, 0.1) is 0 Å². The van der Waals surface area contributed by atoms with Crippen LogP contribution in [-0.4, -0.2) is 24.8 Å². The number of carbonyl (C=O) groups is 2. The van der Waals surface area contributed by atoms with E-state index in [-0.39, 0.29) is 30.2 Å². The summed E-state index contributed by atoms with van der Waals surface area (Å²) in [6.07, 6.45) is 4.04. The van der Waals surface area contributed by atoms with Gasteiger partial charge in [0.1, 0.15) is 11.5 Å². The average molecular weight is 362 g/mol. The molecule has 0 fully saturated rings. The molecule has 0 saturated carbocycles. The number of benzene rings is 2. The zero-order valence-corrected chi connectivity index (χ0v) is 15.7. The van der Waals surface area contributed by atoms with Gasteiger partial charge in [0.25, 0.3) is 0 Å². The van der Waals surface area contributed by atoms with Crippen molar-refractivity contribution in [3.05, 3.63) is 46.5 Å². The van der Waals surface area contributed by atoms with Gasteiger partial charge < -0.3 is 9.47 Å². The van der Waals surface area contributed by atoms with E-state index in [0.29, 0.717) is 22.6 Å². The zero-order valence-electron chi connectivity index (χ0n) is 15.7. The number of hydrogen-bond donors (Lipinski definition) is 0. The lowest BCUT2D eigenvalue weighted by atomic mass is 9.71. The van der Waals surface area contributed by atoms with E-state index >= 15 is 0 Å². The lowest BCUT2D eigenvalue weighted by Gasteiger charge is -2.32. The number of ether oxygens (including phenoxy) is 2. The molecule has 3 aliphatic rings. The minimum absolute atomic E-state index is 0.0478. The number of carbonyl (C=O) groups excluding carboxylic acids is 2. The van der Waals surface area contributed by atoms with Crippen molar-refractivity contribution in [3.8, 4) is 22.6 Å². The van der Waals surface area contributed by atoms with Crippen LogP contribution in [-0.2, 0) is 5.41 Å². The van der Waals surface area contributed by atoms with Crippen LogP contribution in [0.5, 0.6) is 11.5 Å². The summed E-state index contributed by atoms with van der Waals surface area (Å²) in [5.41, 5.74) is 5.86. The quantitative estimate of drug-likeness (QED) is 0.791. The Morgan fingerprint density at radius 3 is 1.59 bits per heavy atom. The van der Waals surface area contributed by atoms with Gasteiger partial charge in [0.15, 0.2) is 13.2 Å². The van der Waals surface area contributed by atoms with E-state index < -0.39 is 0 Å². The summed E-state index contributed by atoms with van der Waals surface area (Å²) in [6, 6.07) is 8.15. The molecular formula is C23H22O4. The highest BCUT2D eigenvalue weighted by molar-refractivity contribution is 6.06. The summed E-state index contributed by atoms with van der Waals surface area (Å²) in [5.74, 6) is 1.44. The first-order valence-corrected chi connectivity index (χ1v) is 9.78. The second-order valence-corrected chi connectivity index (χ2v) is 7.79. The predicted molar refractivity (Wildman–Crippen MR) is 102 cm³/mol. The van der Waals surface area contributed by atoms with Crippen molar-refractivity contribution in [2.45, 2.75) is 44.9 Å². The van der Waals surface area contributed by atoms with Crippen molar-refractivity contribution in [2.24, 2.45) is 0 Å². The lowest BCUT2D eigenvalue weighted by Crippen LogP contribution is -2.25. The van der Waals surface area contributed by atoms with Crippen LogP contribution in [0.4, 0.5) is 0 Å². The van der Waals surface area contributed by atoms with Gasteiger partial charge in [0.2, 0.25) is 11.6 Å². The first-order valence-electron chi connectivity index (χ1n) is 9.78. The van der Waals surface area contributed by atoms with Crippen LogP contribution in [0.25, 0.3) is 11.1 Å². The fourth-order valence-electron chi connectivity index (χ4n) is 5.18. The fraction of sp³-hybridized carbons (Fsp3) is 0.391. The summed E-state index contributed by atoms with van der Waals surface area (Å²) in [7, 11) is 0. The molecule has 0 atom stereocenters. The molecule has 0 N–H and O–H groups in total. The largest absolute Gasteiger partial charge is 0.485 e. The van der Waals surface area contributed by atoms with Gasteiger partial charge in [-0.2, -0.15) is 0 Å². The maximum Gasteiger partial charge on any atom is 0.203 e. The molecule has 0 radical (unpaired) electrons. The Morgan fingerprint density at radius 1 is 0.741 bits per heavy atom. The molecule has 2 aliphatic heterocycles. The Kier molecular flexibility index (Phi) is 3.48. The van der Waals surface area contributed by atoms with Gasteiger partial charge in [0.05, 0.1) is 11.1 Å². The number of fused-ring (bicyclic) bond motifs is 5. The molecule has 2 aromatic carbocycles. The first-order chi connectivity index (χ1) is 13.1. The van der Waals surface area contributed by atoms with Gasteiger partial charge in [-0.05, 0) is 59.4 Å². The van der Waals surface area contributed by atoms with E-state index in [1.165, 1.54) is 11.1 Å². The van der Waals surface area contributed by atoms with E-state index in [1.54, 1.807) is 0 Å². The third-order valence-electron chi connectivity index (χ3n) is 6.23. The molecule has 1 aliphatic carbocycles. The highest BCUT2D eigenvalue weighted by atomic mass is 16.5. The molecule has 4 nitrogen and oxygen atoms in total. The van der Waals surface area contributed by atoms with Crippen molar-refractivity contribution in [1.82, 2.24) is 0 Å². The van der Waals surface area contributed by atoms with Crippen LogP contribution in [0.15, 0.2) is 24.3 Å². The van der Waals surface area contributed by atoms with Gasteiger partial charge in [-0.1, -0.05) is 26.7 Å². The summed E-state index contributed by atoms with van der Waals surface area (Å²) in [4.78, 5) is 24.6. The molecule has 5 rings (SSSR count). The standard InChI is InChI=1S/C23H22O4/c1-3-5-23(6-4-2)17-7-15-19(24)11-26-21(15)9-13(17)14-10-22-16(8-18(14)23)20(25)12-27-22/h7-10H,3-6,11-12H2,1-2H3. The summed E-state index contributed by atoms with van der Waals surface area (Å²) < 4.78 is 11.2. The van der Waals surface area contributed by atoms with E-state index in [2.05, 4.69) is 26.0 Å². The molecule has 0 saturated heterocycles. The molecule has 138 valence electrons. The van der Waals surface area contributed by atoms with Crippen molar-refractivity contribution in [2.75, 3.05) is 13.2 Å². The number of rotatable bonds is 4. The Bertz CT molecular complexity index is 920. The zero-order chi connectivity index (χ0) is 18.8. The van der Waals surface area contributed by atoms with Gasteiger partial charge in [-0.3, -0.25) is 9.59 Å². The van der Waals surface area contributed by atoms with E-state index in [1.807, 2.05) is 12.1 Å². The highest BCUT2D eigenvalue weighted by Crippen LogP contribution is 2.57. The topological polar surface area (TPSA) is 52.6 Å². The maximum atomic E-state index is 12.3. The number of hydrogen-bond acceptors (Lipinski definition) is 4. The molecule has 0 amide bonds. The lowest BCUT2D eigenvalue weighted by molar-refractivity contribution is 0.0954. The van der Waals surface area contributed by atoms with Crippen LogP contribution in [0.1, 0.15) is 71.4 Å². The summed E-state index contributed by atoms with van der Waals surface area (Å²) in [5, 5.41) is 0. The predicted octanol–water partition coefficient (Wildman–Crippen LogP) is 4.70. The molecule has 27 heavy (non-hydrogen) atoms. The first kappa shape index (κ1) is 16.5. The second kappa shape index (κ2) is 5.69. The van der Waals surface area contributed by atoms with Crippen LogP contribution < -0.4 is 9.47 Å². The van der Waals surface area contributed by atoms with Crippen molar-refractivity contribution in [1.29, 1.82) is 0 Å². The van der Waals surface area contributed by atoms with Gasteiger partial charge in [0, 0.05) is 5.41 Å². The molecule has 0 spiro atoms. The van der Waals surface area contributed by atoms with Gasteiger partial charge in [-0.25, -0.2) is 0 Å². The van der Waals surface area contributed by atoms with E-state index in [9.17, 15) is 9.59 Å². The SMILES string of the molecule is CCCC1(CCC)c2cc3c(cc2-c2cc4c(cc21)C(=O)CO4)OCC3=O. The van der Waals surface area contributed by atoms with Gasteiger partial charge in [-0.15, -0.1) is 0 Å². The van der Waals surface area contributed by atoms with Crippen molar-refractivity contribution in [3.63, 3.8) is 0 Å². The number of ketones is 2. The molecule has 0 bridgehead atoms. The minimum Gasteiger partial charge on any atom is -0.485 e. The van der Waals surface area contributed by atoms with Gasteiger partial charge >= 0.3 is 0 Å². The Hall–Kier alpha value is -2.62. The monoisotopic (exact) mass is 362 g/mol. The molecule has 4 heteroatoms. The average Bonchev–Trinajstić information content (AvgIpc) is 3.29. The van der Waals surface area contributed by atoms with Crippen LogP contribution in [0.2, 0.25) is 0 Å². The van der Waals surface area contributed by atoms with Crippen molar-refractivity contribution >= 4 is 11.6 Å². The van der Waals surface area contributed by atoms with Crippen LogP contribution in [0.3, 0.4) is 0 Å². The second-order valence-electron chi connectivity index (χ2n) is 7.79. The minimum atomic E-state index is -0.163. The third-order valence-corrected chi connectivity index (χ3v) is 6.23. The summed E-state index contributed by atoms with van der Waals surface area (Å²) >= 11 is 0. The smallest absolute Gasteiger partial charge is 0.203 e. The molecule has 0 aromatic heterocycles. The Morgan fingerprint density at radius 2 is 1.19 bits per heavy atom. The van der Waals surface area contributed by atoms with E-state index in [0.717, 1.165) is 36.8 Å². The Labute approximate surface area is 158 Å². The number of Topliss-reactive ketones (excluding diaryl/α,β-unsaturated/α-hetero) is 2. The van der Waals surface area contributed by atoms with Crippen molar-refractivity contribution < 1.29 is 19.1 Å². The molecule has 0 unspecified atom stereocenters. The normalized spacial score (nSPS) is 17.9. The van der Waals surface area contributed by atoms with E-state index in [4.69, 9.17) is 9.47 Å². The maximum absolute atomic E-state index is 12.3. The molecular weight excluding hydrogens is 340 g/mol. The fourth-order valence-corrected chi connectivity index (χ4v) is 5.18. The summed E-state index contributed by atoms with van der Waals surface area (Å²) in [6.45, 7) is 4.64. The molecule has 2 heterocycles. The third kappa shape index (κ3) is 2.10. The molecule has 2 aromatic rings.